The Labute approximate surface area is 112 Å². The quantitative estimate of drug-likeness (QED) is 0.544. The fourth-order valence-electron chi connectivity index (χ4n) is 1.18. The summed E-state index contributed by atoms with van der Waals surface area (Å²) in [7, 11) is 1.52. The zero-order valence-electron chi connectivity index (χ0n) is 8.31. The van der Waals surface area contributed by atoms with Gasteiger partial charge in [-0.15, -0.1) is 11.3 Å². The van der Waals surface area contributed by atoms with E-state index >= 15 is 0 Å². The monoisotopic (exact) mass is 231 g/mol. The van der Waals surface area contributed by atoms with Gasteiger partial charge in [-0.3, -0.25) is 0 Å². The third-order valence-electron chi connectivity index (χ3n) is 1.78. The van der Waals surface area contributed by atoms with E-state index in [1.165, 1.54) is 7.11 Å². The van der Waals surface area contributed by atoms with Crippen LogP contribution < -0.4 is 39.4 Å². The summed E-state index contributed by atoms with van der Waals surface area (Å²) in [4.78, 5) is 14.5. The van der Waals surface area contributed by atoms with Crippen LogP contribution in [0.25, 0.3) is 10.2 Å². The molecule has 0 saturated carbocycles. The number of nitrogens with zero attached hydrogens (tertiary/aromatic N) is 1. The van der Waals surface area contributed by atoms with E-state index in [9.17, 15) is 9.90 Å². The van der Waals surface area contributed by atoms with Crippen LogP contribution in [0.3, 0.4) is 0 Å². The molecule has 15 heavy (non-hydrogen) atoms. The number of rotatable bonds is 2. The van der Waals surface area contributed by atoms with Crippen LogP contribution in [0.4, 0.5) is 0 Å². The summed E-state index contributed by atoms with van der Waals surface area (Å²) in [5.41, 5.74) is 0.569. The molecule has 0 aliphatic carbocycles. The number of carbonyl (C=O) groups excluding carboxylic acids is 1. The van der Waals surface area contributed by atoms with Crippen LogP contribution in [-0.2, 0) is 0 Å². The van der Waals surface area contributed by atoms with E-state index < -0.39 is 5.97 Å². The third-order valence-corrected chi connectivity index (χ3v) is 2.78. The number of hydrogen-bond donors (Lipinski definition) is 0. The number of para-hydroxylation sites is 1. The molecule has 0 bridgehead atoms. The van der Waals surface area contributed by atoms with Gasteiger partial charge in [0.15, 0.2) is 0 Å². The van der Waals surface area contributed by atoms with Crippen LogP contribution in [0.15, 0.2) is 18.2 Å². The van der Waals surface area contributed by atoms with E-state index in [-0.39, 0.29) is 34.6 Å². The molecule has 0 aliphatic heterocycles. The van der Waals surface area contributed by atoms with E-state index in [4.69, 9.17) is 4.74 Å². The summed E-state index contributed by atoms with van der Waals surface area (Å²) < 4.78 is 5.83. The predicted molar refractivity (Wildman–Crippen MR) is 50.5 cm³/mol. The van der Waals surface area contributed by atoms with Crippen LogP contribution in [0.2, 0.25) is 0 Å². The largest absolute Gasteiger partial charge is 1.00 e. The summed E-state index contributed by atoms with van der Waals surface area (Å²) in [6.07, 6.45) is 0. The van der Waals surface area contributed by atoms with Gasteiger partial charge in [-0.25, -0.2) is 4.98 Å². The van der Waals surface area contributed by atoms with Crippen molar-refractivity contribution in [1.82, 2.24) is 4.98 Å². The number of thiazole rings is 1. The minimum absolute atomic E-state index is 0. The maximum Gasteiger partial charge on any atom is 1.00 e. The number of carbonyl (C=O) groups is 1. The van der Waals surface area contributed by atoms with Crippen molar-refractivity contribution in [3.8, 4) is 5.75 Å². The van der Waals surface area contributed by atoms with Crippen LogP contribution in [0, 0.1) is 0 Å². The van der Waals surface area contributed by atoms with Gasteiger partial charge in [0.2, 0.25) is 0 Å². The van der Waals surface area contributed by atoms with E-state index in [2.05, 4.69) is 4.98 Å². The third kappa shape index (κ3) is 2.31. The summed E-state index contributed by atoms with van der Waals surface area (Å²) in [5.74, 6) is -0.681. The van der Waals surface area contributed by atoms with Gasteiger partial charge in [0, 0.05) is 0 Å². The first-order valence-corrected chi connectivity index (χ1v) is 4.69. The van der Waals surface area contributed by atoms with E-state index in [1.54, 1.807) is 18.2 Å². The average Bonchev–Trinajstić information content (AvgIpc) is 2.60. The topological polar surface area (TPSA) is 62.2 Å². The summed E-state index contributed by atoms with van der Waals surface area (Å²) in [6, 6.07) is 5.32. The second-order valence-electron chi connectivity index (χ2n) is 2.61. The maximum absolute atomic E-state index is 10.6. The van der Waals surface area contributed by atoms with Gasteiger partial charge >= 0.3 is 29.6 Å². The molecule has 0 N–H and O–H groups in total. The molecule has 72 valence electrons. The predicted octanol–water partition coefficient (Wildman–Crippen LogP) is -2.33. The number of aromatic carboxylic acids is 1. The Morgan fingerprint density at radius 2 is 2.27 bits per heavy atom. The van der Waals surface area contributed by atoms with Gasteiger partial charge in [-0.05, 0) is 12.1 Å². The molecule has 6 heteroatoms. The van der Waals surface area contributed by atoms with E-state index in [1.807, 2.05) is 0 Å². The normalized spacial score (nSPS) is 9.67. The van der Waals surface area contributed by atoms with Crippen molar-refractivity contribution in [3.05, 3.63) is 23.2 Å². The molecule has 2 aromatic rings. The van der Waals surface area contributed by atoms with Gasteiger partial charge in [0.05, 0.1) is 11.8 Å². The van der Waals surface area contributed by atoms with Crippen LogP contribution in [0.1, 0.15) is 9.80 Å². The molecular weight excluding hydrogens is 225 g/mol. The van der Waals surface area contributed by atoms with Crippen molar-refractivity contribution >= 4 is 27.5 Å². The number of methoxy groups -OCH3 is 1. The Kier molecular flexibility index (Phi) is 4.10. The maximum atomic E-state index is 10.6. The van der Waals surface area contributed by atoms with Crippen LogP contribution >= 0.6 is 11.3 Å². The summed E-state index contributed by atoms with van der Waals surface area (Å²) in [6.45, 7) is 0. The molecule has 0 unspecified atom stereocenters. The summed E-state index contributed by atoms with van der Waals surface area (Å²) in [5, 5.41) is 10.5. The van der Waals surface area contributed by atoms with Crippen molar-refractivity contribution in [2.45, 2.75) is 0 Å². The zero-order chi connectivity index (χ0) is 10.1. The first kappa shape index (κ1) is 12.4. The molecule has 0 radical (unpaired) electrons. The number of carboxylic acid groups (broad SMARTS) is 1. The first-order chi connectivity index (χ1) is 6.72. The van der Waals surface area contributed by atoms with Gasteiger partial charge < -0.3 is 14.6 Å². The second kappa shape index (κ2) is 4.94. The standard InChI is InChI=1S/C9H7NO3S.Na/c1-13-5-3-2-4-6-7(5)10-8(14-6)9(11)12;/h2-4H,1H3,(H,11,12);/q;+1/p-1. The molecule has 0 atom stereocenters. The molecule has 0 saturated heterocycles. The Morgan fingerprint density at radius 3 is 2.87 bits per heavy atom. The number of benzene rings is 1. The van der Waals surface area contributed by atoms with Crippen molar-refractivity contribution in [2.24, 2.45) is 0 Å². The molecule has 4 nitrogen and oxygen atoms in total. The minimum Gasteiger partial charge on any atom is -0.542 e. The first-order valence-electron chi connectivity index (χ1n) is 3.87. The molecule has 0 spiro atoms. The number of fused-ring (bicyclic) bond motifs is 1. The van der Waals surface area contributed by atoms with Gasteiger partial charge in [-0.1, -0.05) is 6.07 Å². The Morgan fingerprint density at radius 1 is 1.53 bits per heavy atom. The zero-order valence-corrected chi connectivity index (χ0v) is 11.1. The van der Waals surface area contributed by atoms with Crippen molar-refractivity contribution < 1.29 is 44.2 Å². The van der Waals surface area contributed by atoms with Crippen molar-refractivity contribution in [3.63, 3.8) is 0 Å². The van der Waals surface area contributed by atoms with Gasteiger partial charge in [0.25, 0.3) is 0 Å². The number of ether oxygens (including phenoxy) is 1. The fourth-order valence-corrected chi connectivity index (χ4v) is 1.99. The molecular formula is C9H6NNaO3S. The van der Waals surface area contributed by atoms with Gasteiger partial charge in [0.1, 0.15) is 22.2 Å². The van der Waals surface area contributed by atoms with E-state index in [0.29, 0.717) is 11.3 Å². The molecule has 1 heterocycles. The summed E-state index contributed by atoms with van der Waals surface area (Å²) >= 11 is 1.08. The molecule has 0 amide bonds. The number of carboxylic acids is 1. The van der Waals surface area contributed by atoms with Gasteiger partial charge in [-0.2, -0.15) is 0 Å². The minimum atomic E-state index is -1.26. The number of hydrogen-bond acceptors (Lipinski definition) is 5. The van der Waals surface area contributed by atoms with Crippen LogP contribution in [0.5, 0.6) is 5.75 Å². The Bertz CT molecular complexity index is 497. The number of aromatic nitrogens is 1. The molecule has 1 aromatic heterocycles. The molecule has 1 aromatic carbocycles. The molecule has 0 fully saturated rings. The Hall–Kier alpha value is -0.620. The Balaban J connectivity index is 0.00000112. The molecule has 0 aliphatic rings. The fraction of sp³-hybridized carbons (Fsp3) is 0.111. The smallest absolute Gasteiger partial charge is 0.542 e. The SMILES string of the molecule is COc1cccc2sc(C(=O)[O-])nc12.[Na+]. The van der Waals surface area contributed by atoms with E-state index in [0.717, 1.165) is 16.0 Å². The van der Waals surface area contributed by atoms with Crippen LogP contribution in [-0.4, -0.2) is 18.1 Å². The van der Waals surface area contributed by atoms with Crippen molar-refractivity contribution in [2.75, 3.05) is 7.11 Å². The average molecular weight is 231 g/mol. The molecule has 2 rings (SSSR count). The second-order valence-corrected chi connectivity index (χ2v) is 3.64. The van der Waals surface area contributed by atoms with Crippen molar-refractivity contribution in [1.29, 1.82) is 0 Å².